The van der Waals surface area contributed by atoms with Crippen LogP contribution in [0.1, 0.15) is 23.7 Å². The van der Waals surface area contributed by atoms with Gasteiger partial charge < -0.3 is 0 Å². The highest BCUT2D eigenvalue weighted by Crippen LogP contribution is 2.21. The Morgan fingerprint density at radius 1 is 1.09 bits per heavy atom. The van der Waals surface area contributed by atoms with Crippen molar-refractivity contribution in [1.29, 1.82) is 0 Å². The van der Waals surface area contributed by atoms with Crippen molar-refractivity contribution in [3.63, 3.8) is 0 Å². The van der Waals surface area contributed by atoms with Gasteiger partial charge in [0.2, 0.25) is 0 Å². The van der Waals surface area contributed by atoms with E-state index in [0.717, 1.165) is 22.7 Å². The van der Waals surface area contributed by atoms with Crippen LogP contribution in [0.5, 0.6) is 0 Å². The summed E-state index contributed by atoms with van der Waals surface area (Å²) in [4.78, 5) is 8.88. The minimum absolute atomic E-state index is 0.740. The van der Waals surface area contributed by atoms with Crippen LogP contribution in [0, 0.1) is 13.8 Å². The van der Waals surface area contributed by atoms with Gasteiger partial charge in [-0.3, -0.25) is 10.4 Å². The second-order valence-electron chi connectivity index (χ2n) is 5.37. The number of rotatable bonds is 3. The van der Waals surface area contributed by atoms with Gasteiger partial charge in [0.05, 0.1) is 16.9 Å². The van der Waals surface area contributed by atoms with Crippen LogP contribution >= 0.6 is 0 Å². The third-order valence-corrected chi connectivity index (χ3v) is 3.54. The zero-order chi connectivity index (χ0) is 15.5. The Labute approximate surface area is 129 Å². The summed E-state index contributed by atoms with van der Waals surface area (Å²) >= 11 is 0. The molecule has 4 nitrogen and oxygen atoms in total. The molecule has 0 aliphatic carbocycles. The summed E-state index contributed by atoms with van der Waals surface area (Å²) in [7, 11) is 0. The smallest absolute Gasteiger partial charge is 0.147 e. The van der Waals surface area contributed by atoms with Gasteiger partial charge in [-0.1, -0.05) is 17.7 Å². The van der Waals surface area contributed by atoms with E-state index in [1.54, 1.807) is 6.20 Å². The number of nitrogens with one attached hydrogen (secondary N) is 1. The van der Waals surface area contributed by atoms with Crippen molar-refractivity contribution in [1.82, 2.24) is 9.97 Å². The average molecular weight is 290 g/mol. The molecule has 0 bridgehead atoms. The van der Waals surface area contributed by atoms with E-state index in [2.05, 4.69) is 46.5 Å². The molecule has 0 aliphatic rings. The third kappa shape index (κ3) is 2.96. The second kappa shape index (κ2) is 5.93. The van der Waals surface area contributed by atoms with Gasteiger partial charge in [0.15, 0.2) is 0 Å². The lowest BCUT2D eigenvalue weighted by Gasteiger charge is -2.07. The van der Waals surface area contributed by atoms with Gasteiger partial charge in [-0.25, -0.2) is 4.98 Å². The summed E-state index contributed by atoms with van der Waals surface area (Å²) < 4.78 is 0. The quantitative estimate of drug-likeness (QED) is 0.584. The van der Waals surface area contributed by atoms with Crippen molar-refractivity contribution in [3.8, 4) is 0 Å². The van der Waals surface area contributed by atoms with Crippen molar-refractivity contribution in [2.45, 2.75) is 20.8 Å². The van der Waals surface area contributed by atoms with Gasteiger partial charge >= 0.3 is 0 Å². The molecule has 1 aromatic carbocycles. The summed E-state index contributed by atoms with van der Waals surface area (Å²) in [5, 5.41) is 5.55. The van der Waals surface area contributed by atoms with E-state index in [9.17, 15) is 0 Å². The fourth-order valence-electron chi connectivity index (χ4n) is 2.34. The van der Waals surface area contributed by atoms with E-state index in [0.29, 0.717) is 0 Å². The zero-order valence-electron chi connectivity index (χ0n) is 13.0. The Kier molecular flexibility index (Phi) is 3.83. The molecule has 0 saturated heterocycles. The van der Waals surface area contributed by atoms with Crippen LogP contribution in [0.2, 0.25) is 0 Å². The van der Waals surface area contributed by atoms with E-state index < -0.39 is 0 Å². The Morgan fingerprint density at radius 3 is 2.73 bits per heavy atom. The molecule has 3 rings (SSSR count). The summed E-state index contributed by atoms with van der Waals surface area (Å²) in [5.41, 5.74) is 8.09. The van der Waals surface area contributed by atoms with Gasteiger partial charge in [0.25, 0.3) is 0 Å². The number of aryl methyl sites for hydroxylation is 2. The predicted molar refractivity (Wildman–Crippen MR) is 91.3 cm³/mol. The highest BCUT2D eigenvalue weighted by Gasteiger charge is 2.03. The second-order valence-corrected chi connectivity index (χ2v) is 5.37. The van der Waals surface area contributed by atoms with Crippen molar-refractivity contribution < 1.29 is 0 Å². The number of hydrogen-bond donors (Lipinski definition) is 1. The maximum atomic E-state index is 4.60. The summed E-state index contributed by atoms with van der Waals surface area (Å²) in [6.45, 7) is 6.10. The Bertz CT molecular complexity index is 838. The number of aromatic nitrogens is 2. The Balaban J connectivity index is 1.90. The molecule has 0 amide bonds. The normalized spacial score (nSPS) is 11.7. The minimum Gasteiger partial charge on any atom is -0.261 e. The van der Waals surface area contributed by atoms with Crippen LogP contribution in [0.15, 0.2) is 53.8 Å². The standard InChI is InChI=1S/C18H18N4/c1-12-7-8-17-15(10-12)13(2)11-18(20-17)22-21-14(3)16-6-4-5-9-19-16/h4-11H,1-3H3,(H,20,22). The molecule has 110 valence electrons. The van der Waals surface area contributed by atoms with E-state index in [1.807, 2.05) is 37.3 Å². The van der Waals surface area contributed by atoms with E-state index >= 15 is 0 Å². The molecule has 4 heteroatoms. The van der Waals surface area contributed by atoms with Crippen molar-refractivity contribution in [2.75, 3.05) is 5.43 Å². The highest BCUT2D eigenvalue weighted by atomic mass is 15.3. The SMILES string of the molecule is CC(=NNc1cc(C)c2cc(C)ccc2n1)c1ccccn1. The lowest BCUT2D eigenvalue weighted by molar-refractivity contribution is 1.21. The van der Waals surface area contributed by atoms with Crippen LogP contribution in [-0.2, 0) is 0 Å². The molecule has 2 heterocycles. The van der Waals surface area contributed by atoms with Gasteiger partial charge in [-0.2, -0.15) is 5.10 Å². The molecule has 0 atom stereocenters. The number of nitrogens with zero attached hydrogens (tertiary/aromatic N) is 3. The number of hydrogen-bond acceptors (Lipinski definition) is 4. The Morgan fingerprint density at radius 2 is 1.95 bits per heavy atom. The van der Waals surface area contributed by atoms with Gasteiger partial charge in [0, 0.05) is 11.6 Å². The largest absolute Gasteiger partial charge is 0.261 e. The van der Waals surface area contributed by atoms with Crippen molar-refractivity contribution >= 4 is 22.4 Å². The fraction of sp³-hybridized carbons (Fsp3) is 0.167. The highest BCUT2D eigenvalue weighted by molar-refractivity contribution is 5.97. The summed E-state index contributed by atoms with van der Waals surface area (Å²) in [6.07, 6.45) is 1.76. The lowest BCUT2D eigenvalue weighted by atomic mass is 10.1. The number of pyridine rings is 2. The topological polar surface area (TPSA) is 50.2 Å². The molecule has 1 N–H and O–H groups in total. The van der Waals surface area contributed by atoms with Crippen molar-refractivity contribution in [2.24, 2.45) is 5.10 Å². The van der Waals surface area contributed by atoms with Crippen LogP contribution in [-0.4, -0.2) is 15.7 Å². The maximum absolute atomic E-state index is 4.60. The molecule has 0 aliphatic heterocycles. The molecule has 0 spiro atoms. The number of benzene rings is 1. The maximum Gasteiger partial charge on any atom is 0.147 e. The first-order valence-electron chi connectivity index (χ1n) is 7.23. The monoisotopic (exact) mass is 290 g/mol. The molecule has 0 unspecified atom stereocenters. The molecule has 22 heavy (non-hydrogen) atoms. The minimum atomic E-state index is 0.740. The van der Waals surface area contributed by atoms with Gasteiger partial charge in [0.1, 0.15) is 5.82 Å². The van der Waals surface area contributed by atoms with Crippen LogP contribution in [0.25, 0.3) is 10.9 Å². The summed E-state index contributed by atoms with van der Waals surface area (Å²) in [5.74, 6) is 0.740. The third-order valence-electron chi connectivity index (χ3n) is 3.54. The van der Waals surface area contributed by atoms with Crippen LogP contribution in [0.4, 0.5) is 5.82 Å². The van der Waals surface area contributed by atoms with Crippen LogP contribution in [0.3, 0.4) is 0 Å². The molecule has 0 saturated carbocycles. The first-order chi connectivity index (χ1) is 10.6. The number of hydrazone groups is 1. The molecule has 0 fully saturated rings. The van der Waals surface area contributed by atoms with Gasteiger partial charge in [-0.05, 0) is 56.7 Å². The lowest BCUT2D eigenvalue weighted by Crippen LogP contribution is -2.03. The number of fused-ring (bicyclic) bond motifs is 1. The predicted octanol–water partition coefficient (Wildman–Crippen LogP) is 4.08. The Hall–Kier alpha value is -2.75. The first kappa shape index (κ1) is 14.2. The average Bonchev–Trinajstić information content (AvgIpc) is 2.54. The molecule has 3 aromatic rings. The molecular formula is C18H18N4. The molecule has 2 aromatic heterocycles. The van der Waals surface area contributed by atoms with E-state index in [1.165, 1.54) is 16.5 Å². The zero-order valence-corrected chi connectivity index (χ0v) is 13.0. The van der Waals surface area contributed by atoms with Crippen molar-refractivity contribution in [3.05, 3.63) is 65.5 Å². The van der Waals surface area contributed by atoms with E-state index in [-0.39, 0.29) is 0 Å². The molecule has 0 radical (unpaired) electrons. The van der Waals surface area contributed by atoms with Crippen LogP contribution < -0.4 is 5.43 Å². The molecular weight excluding hydrogens is 272 g/mol. The summed E-state index contributed by atoms with van der Waals surface area (Å²) in [6, 6.07) is 14.0. The first-order valence-corrected chi connectivity index (χ1v) is 7.23. The van der Waals surface area contributed by atoms with E-state index in [4.69, 9.17) is 0 Å². The fourth-order valence-corrected chi connectivity index (χ4v) is 2.34. The number of anilines is 1. The van der Waals surface area contributed by atoms with Gasteiger partial charge in [-0.15, -0.1) is 0 Å².